The fourth-order valence-corrected chi connectivity index (χ4v) is 0.764. The van der Waals surface area contributed by atoms with E-state index in [2.05, 4.69) is 4.74 Å². The number of halogens is 2. The van der Waals surface area contributed by atoms with Gasteiger partial charge in [-0.15, -0.1) is 0 Å². The third kappa shape index (κ3) is 1.61. The lowest BCUT2D eigenvalue weighted by molar-refractivity contribution is 0.145. The highest BCUT2D eigenvalue weighted by Gasteiger charge is 2.08. The molecule has 0 bridgehead atoms. The molecule has 0 atom stereocenters. The molecule has 66 valence electrons. The molecule has 5 heteroatoms. The van der Waals surface area contributed by atoms with Crippen LogP contribution < -0.4 is 10.3 Å². The first kappa shape index (κ1) is 8.70. The van der Waals surface area contributed by atoms with Crippen LogP contribution in [0.15, 0.2) is 16.9 Å². The van der Waals surface area contributed by atoms with Crippen molar-refractivity contribution in [3.63, 3.8) is 0 Å². The Morgan fingerprint density at radius 3 is 2.58 bits per heavy atom. The maximum Gasteiger partial charge on any atom is 0.290 e. The molecule has 0 radical (unpaired) electrons. The Kier molecular flexibility index (Phi) is 2.42. The van der Waals surface area contributed by atoms with Gasteiger partial charge in [0.25, 0.3) is 12.0 Å². The molecular formula is C7H7F2NO2. The highest BCUT2D eigenvalue weighted by molar-refractivity contribution is 5.20. The number of ether oxygens (including phenoxy) is 1. The number of nitrogens with one attached hydrogen (secondary N) is 1. The van der Waals surface area contributed by atoms with Gasteiger partial charge in [0, 0.05) is 0 Å². The van der Waals surface area contributed by atoms with E-state index < -0.39 is 17.7 Å². The standard InChI is InChI=1S/C7H7F2NO2/c1-12-5-3-2-4(6(8)9)10-7(5)11/h2-3,6H,1H3,(H,10,11). The van der Waals surface area contributed by atoms with Crippen molar-refractivity contribution in [3.05, 3.63) is 28.2 Å². The quantitative estimate of drug-likeness (QED) is 0.736. The van der Waals surface area contributed by atoms with Gasteiger partial charge in [0.2, 0.25) is 0 Å². The first-order valence-electron chi connectivity index (χ1n) is 3.20. The van der Waals surface area contributed by atoms with Gasteiger partial charge >= 0.3 is 0 Å². The SMILES string of the molecule is COc1ccc(C(F)F)[nH]c1=O. The highest BCUT2D eigenvalue weighted by atomic mass is 19.3. The molecule has 0 spiro atoms. The number of H-pyrrole nitrogens is 1. The van der Waals surface area contributed by atoms with Gasteiger partial charge in [0.1, 0.15) is 0 Å². The minimum Gasteiger partial charge on any atom is -0.491 e. The average molecular weight is 175 g/mol. The number of rotatable bonds is 2. The largest absolute Gasteiger partial charge is 0.491 e. The van der Waals surface area contributed by atoms with Crippen molar-refractivity contribution in [2.24, 2.45) is 0 Å². The maximum atomic E-state index is 12.0. The summed E-state index contributed by atoms with van der Waals surface area (Å²) in [5.41, 5.74) is -1.05. The summed E-state index contributed by atoms with van der Waals surface area (Å²) in [6.07, 6.45) is -2.66. The molecule has 0 aliphatic carbocycles. The van der Waals surface area contributed by atoms with Gasteiger partial charge in [0.15, 0.2) is 5.75 Å². The molecule has 0 aliphatic heterocycles. The first-order chi connectivity index (χ1) is 5.65. The summed E-state index contributed by atoms with van der Waals surface area (Å²) in [4.78, 5) is 12.9. The molecule has 3 nitrogen and oxygen atoms in total. The Labute approximate surface area is 67.0 Å². The zero-order valence-electron chi connectivity index (χ0n) is 6.30. The Balaban J connectivity index is 3.11. The zero-order valence-corrected chi connectivity index (χ0v) is 6.30. The number of methoxy groups -OCH3 is 1. The Hall–Kier alpha value is -1.39. The van der Waals surface area contributed by atoms with Gasteiger partial charge in [-0.1, -0.05) is 0 Å². The van der Waals surface area contributed by atoms with Gasteiger partial charge in [0.05, 0.1) is 12.8 Å². The van der Waals surface area contributed by atoms with Crippen LogP contribution in [0.2, 0.25) is 0 Å². The number of hydrogen-bond acceptors (Lipinski definition) is 2. The van der Waals surface area contributed by atoms with Crippen molar-refractivity contribution in [3.8, 4) is 5.75 Å². The van der Waals surface area contributed by atoms with E-state index >= 15 is 0 Å². The van der Waals surface area contributed by atoms with Gasteiger partial charge < -0.3 is 9.72 Å². The zero-order chi connectivity index (χ0) is 9.14. The van der Waals surface area contributed by atoms with Crippen molar-refractivity contribution >= 4 is 0 Å². The summed E-state index contributed by atoms with van der Waals surface area (Å²) in [7, 11) is 1.30. The van der Waals surface area contributed by atoms with Crippen LogP contribution in [0.5, 0.6) is 5.75 Å². The maximum absolute atomic E-state index is 12.0. The van der Waals surface area contributed by atoms with Crippen molar-refractivity contribution in [1.82, 2.24) is 4.98 Å². The van der Waals surface area contributed by atoms with Crippen LogP contribution >= 0.6 is 0 Å². The van der Waals surface area contributed by atoms with E-state index in [-0.39, 0.29) is 5.75 Å². The summed E-state index contributed by atoms with van der Waals surface area (Å²) < 4.78 is 28.5. The number of aromatic amines is 1. The number of pyridine rings is 1. The molecular weight excluding hydrogens is 168 g/mol. The fourth-order valence-electron chi connectivity index (χ4n) is 0.764. The molecule has 12 heavy (non-hydrogen) atoms. The van der Waals surface area contributed by atoms with Crippen LogP contribution in [0, 0.1) is 0 Å². The molecule has 1 aromatic heterocycles. The topological polar surface area (TPSA) is 42.1 Å². The second-order valence-corrected chi connectivity index (χ2v) is 2.11. The normalized spacial score (nSPS) is 10.3. The first-order valence-corrected chi connectivity index (χ1v) is 3.20. The van der Waals surface area contributed by atoms with E-state index in [0.717, 1.165) is 6.07 Å². The molecule has 0 saturated heterocycles. The van der Waals surface area contributed by atoms with Crippen LogP contribution in [0.1, 0.15) is 12.1 Å². The van der Waals surface area contributed by atoms with E-state index in [1.54, 1.807) is 0 Å². The summed E-state index contributed by atoms with van der Waals surface area (Å²) in [6.45, 7) is 0. The average Bonchev–Trinajstić information content (AvgIpc) is 2.04. The van der Waals surface area contributed by atoms with Crippen molar-refractivity contribution in [2.75, 3.05) is 7.11 Å². The van der Waals surface area contributed by atoms with Crippen molar-refractivity contribution in [2.45, 2.75) is 6.43 Å². The number of hydrogen-bond donors (Lipinski definition) is 1. The van der Waals surface area contributed by atoms with Crippen LogP contribution in [-0.4, -0.2) is 12.1 Å². The second-order valence-electron chi connectivity index (χ2n) is 2.11. The van der Waals surface area contributed by atoms with E-state index in [1.165, 1.54) is 13.2 Å². The predicted octanol–water partition coefficient (Wildman–Crippen LogP) is 1.32. The van der Waals surface area contributed by atoms with Crippen LogP contribution in [0.4, 0.5) is 8.78 Å². The smallest absolute Gasteiger partial charge is 0.290 e. The molecule has 0 amide bonds. The molecule has 0 saturated carbocycles. The lowest BCUT2D eigenvalue weighted by Gasteiger charge is -2.00. The minimum absolute atomic E-state index is 0.0272. The molecule has 0 fully saturated rings. The lowest BCUT2D eigenvalue weighted by atomic mass is 10.3. The Morgan fingerprint density at radius 1 is 1.50 bits per heavy atom. The molecule has 1 heterocycles. The van der Waals surface area contributed by atoms with E-state index in [4.69, 9.17) is 0 Å². The summed E-state index contributed by atoms with van der Waals surface area (Å²) in [5, 5.41) is 0. The van der Waals surface area contributed by atoms with Gasteiger partial charge in [-0.25, -0.2) is 8.78 Å². The number of alkyl halides is 2. The third-order valence-electron chi connectivity index (χ3n) is 1.35. The second kappa shape index (κ2) is 3.34. The predicted molar refractivity (Wildman–Crippen MR) is 38.6 cm³/mol. The Morgan fingerprint density at radius 2 is 2.17 bits per heavy atom. The Bertz CT molecular complexity index is 321. The summed E-state index contributed by atoms with van der Waals surface area (Å²) in [5.74, 6) is 0.0272. The monoisotopic (exact) mass is 175 g/mol. The summed E-state index contributed by atoms with van der Waals surface area (Å²) >= 11 is 0. The van der Waals surface area contributed by atoms with E-state index in [1.807, 2.05) is 4.98 Å². The fraction of sp³-hybridized carbons (Fsp3) is 0.286. The van der Waals surface area contributed by atoms with Crippen molar-refractivity contribution < 1.29 is 13.5 Å². The molecule has 1 rings (SSSR count). The van der Waals surface area contributed by atoms with Crippen LogP contribution in [0.25, 0.3) is 0 Å². The summed E-state index contributed by atoms with van der Waals surface area (Å²) in [6, 6.07) is 2.32. The van der Waals surface area contributed by atoms with Gasteiger partial charge in [-0.05, 0) is 12.1 Å². The van der Waals surface area contributed by atoms with E-state index in [0.29, 0.717) is 0 Å². The van der Waals surface area contributed by atoms with Crippen molar-refractivity contribution in [1.29, 1.82) is 0 Å². The minimum atomic E-state index is -2.66. The lowest BCUT2D eigenvalue weighted by Crippen LogP contribution is -2.11. The van der Waals surface area contributed by atoms with Crippen LogP contribution in [-0.2, 0) is 0 Å². The molecule has 1 aromatic rings. The van der Waals surface area contributed by atoms with Crippen LogP contribution in [0.3, 0.4) is 0 Å². The molecule has 0 aliphatic rings. The van der Waals surface area contributed by atoms with Gasteiger partial charge in [-0.2, -0.15) is 0 Å². The van der Waals surface area contributed by atoms with Gasteiger partial charge in [-0.3, -0.25) is 4.79 Å². The number of aromatic nitrogens is 1. The molecule has 0 unspecified atom stereocenters. The molecule has 0 aromatic carbocycles. The highest BCUT2D eigenvalue weighted by Crippen LogP contribution is 2.15. The third-order valence-corrected chi connectivity index (χ3v) is 1.35. The molecule has 1 N–H and O–H groups in total. The van der Waals surface area contributed by atoms with E-state index in [9.17, 15) is 13.6 Å².